The number of carbonyl (C=O) groups excluding carboxylic acids is 1. The summed E-state index contributed by atoms with van der Waals surface area (Å²) in [5.41, 5.74) is 5.27. The molecule has 0 saturated carbocycles. The van der Waals surface area contributed by atoms with Crippen molar-refractivity contribution in [2.45, 2.75) is 19.3 Å². The van der Waals surface area contributed by atoms with Crippen molar-refractivity contribution in [2.24, 2.45) is 0 Å². The van der Waals surface area contributed by atoms with Crippen molar-refractivity contribution in [3.05, 3.63) is 23.2 Å². The topological polar surface area (TPSA) is 60.0 Å². The number of quaternary nitrogens is 1. The van der Waals surface area contributed by atoms with E-state index in [0.717, 1.165) is 37.3 Å². The first kappa shape index (κ1) is 12.2. The number of rotatable bonds is 1. The molecule has 0 spiro atoms. The van der Waals surface area contributed by atoms with Gasteiger partial charge in [0.25, 0.3) is 0 Å². The average Bonchev–Trinajstić information content (AvgIpc) is 2.35. The zero-order chi connectivity index (χ0) is 12.3. The van der Waals surface area contributed by atoms with E-state index < -0.39 is 0 Å². The van der Waals surface area contributed by atoms with Crippen LogP contribution in [0, 0.1) is 0 Å². The van der Waals surface area contributed by atoms with E-state index >= 15 is 0 Å². The van der Waals surface area contributed by atoms with E-state index in [-0.39, 0.29) is 6.03 Å². The lowest BCUT2D eigenvalue weighted by molar-refractivity contribution is -0.254. The maximum atomic E-state index is 11.9. The van der Waals surface area contributed by atoms with Crippen molar-refractivity contribution in [2.75, 3.05) is 18.4 Å². The molecule has 1 heterocycles. The average molecular weight is 255 g/mol. The van der Waals surface area contributed by atoms with Crippen LogP contribution in [0.1, 0.15) is 19.3 Å². The van der Waals surface area contributed by atoms with Gasteiger partial charge in [-0.1, -0.05) is 11.6 Å². The van der Waals surface area contributed by atoms with Gasteiger partial charge in [-0.2, -0.15) is 0 Å². The van der Waals surface area contributed by atoms with Crippen molar-refractivity contribution in [3.8, 4) is 0 Å². The fraction of sp³-hybridized carbons (Fsp3) is 0.417. The second kappa shape index (κ2) is 5.38. The zero-order valence-corrected chi connectivity index (χ0v) is 10.5. The summed E-state index contributed by atoms with van der Waals surface area (Å²) in [6, 6.07) is 5.28. The molecular formula is C12H17ClN3O+. The Hall–Kier alpha value is -1.26. The highest BCUT2D eigenvalue weighted by Crippen LogP contribution is 2.21. The molecule has 4 nitrogen and oxygen atoms in total. The fourth-order valence-electron chi connectivity index (χ4n) is 1.95. The summed E-state index contributed by atoms with van der Waals surface area (Å²) in [4.78, 5) is 13.8. The largest absolute Gasteiger partial charge is 0.325 e. The van der Waals surface area contributed by atoms with E-state index in [1.54, 1.807) is 18.2 Å². The second-order valence-corrected chi connectivity index (χ2v) is 4.69. The Balaban J connectivity index is 1.99. The molecule has 1 saturated heterocycles. The van der Waals surface area contributed by atoms with E-state index in [9.17, 15) is 4.79 Å². The second-order valence-electron chi connectivity index (χ2n) is 4.28. The van der Waals surface area contributed by atoms with Crippen LogP contribution in [0.5, 0.6) is 0 Å². The van der Waals surface area contributed by atoms with E-state index in [1.807, 2.05) is 4.90 Å². The highest BCUT2D eigenvalue weighted by molar-refractivity contribution is 6.32. The molecule has 2 amide bonds. The number of benzene rings is 1. The number of urea groups is 1. The van der Waals surface area contributed by atoms with Crippen molar-refractivity contribution in [3.63, 3.8) is 0 Å². The molecule has 0 aromatic heterocycles. The lowest BCUT2D eigenvalue weighted by Crippen LogP contribution is -2.41. The van der Waals surface area contributed by atoms with Crippen molar-refractivity contribution < 1.29 is 10.5 Å². The maximum absolute atomic E-state index is 11.9. The summed E-state index contributed by atoms with van der Waals surface area (Å²) in [6.45, 7) is 1.69. The van der Waals surface area contributed by atoms with Crippen LogP contribution in [0.25, 0.3) is 0 Å². The number of halogens is 1. The lowest BCUT2D eigenvalue weighted by Gasteiger charge is -2.26. The molecule has 1 aliphatic rings. The zero-order valence-electron chi connectivity index (χ0n) is 9.71. The first-order valence-electron chi connectivity index (χ1n) is 5.84. The molecule has 2 rings (SSSR count). The molecule has 0 unspecified atom stereocenters. The van der Waals surface area contributed by atoms with Gasteiger partial charge in [-0.3, -0.25) is 0 Å². The molecule has 0 atom stereocenters. The molecule has 1 fully saturated rings. The van der Waals surface area contributed by atoms with Crippen LogP contribution in [0.15, 0.2) is 18.2 Å². The summed E-state index contributed by atoms with van der Waals surface area (Å²) >= 11 is 5.88. The van der Waals surface area contributed by atoms with Gasteiger partial charge in [0, 0.05) is 24.8 Å². The Labute approximate surface area is 106 Å². The molecule has 1 aromatic carbocycles. The Bertz CT molecular complexity index is 416. The third-order valence-electron chi connectivity index (χ3n) is 2.94. The number of piperidine rings is 1. The minimum atomic E-state index is -0.0357. The SMILES string of the molecule is [NH3+]c1cc(NC(=O)N2CCCCC2)ccc1Cl. The van der Waals surface area contributed by atoms with Gasteiger partial charge in [0.2, 0.25) is 0 Å². The van der Waals surface area contributed by atoms with Crippen LogP contribution in [0.4, 0.5) is 16.2 Å². The van der Waals surface area contributed by atoms with Crippen LogP contribution in [-0.2, 0) is 0 Å². The number of hydrogen-bond donors (Lipinski definition) is 2. The number of amides is 2. The molecule has 5 heteroatoms. The Morgan fingerprint density at radius 1 is 1.29 bits per heavy atom. The van der Waals surface area contributed by atoms with E-state index in [1.165, 1.54) is 6.42 Å². The predicted molar refractivity (Wildman–Crippen MR) is 68.4 cm³/mol. The van der Waals surface area contributed by atoms with E-state index in [4.69, 9.17) is 11.6 Å². The predicted octanol–water partition coefficient (Wildman–Crippen LogP) is 2.23. The summed E-state index contributed by atoms with van der Waals surface area (Å²) in [5.74, 6) is 0. The molecule has 0 bridgehead atoms. The van der Waals surface area contributed by atoms with Crippen molar-refractivity contribution in [1.82, 2.24) is 4.90 Å². The molecule has 1 aromatic rings. The number of hydrogen-bond acceptors (Lipinski definition) is 1. The minimum absolute atomic E-state index is 0.0357. The highest BCUT2D eigenvalue weighted by atomic mass is 35.5. The Kier molecular flexibility index (Phi) is 3.86. The van der Waals surface area contributed by atoms with Crippen molar-refractivity contribution >= 4 is 29.0 Å². The van der Waals surface area contributed by atoms with Gasteiger partial charge in [-0.15, -0.1) is 0 Å². The molecule has 0 aliphatic carbocycles. The number of anilines is 1. The third kappa shape index (κ3) is 3.11. The van der Waals surface area contributed by atoms with Crippen LogP contribution in [0.3, 0.4) is 0 Å². The summed E-state index contributed by atoms with van der Waals surface area (Å²) in [5, 5.41) is 3.48. The van der Waals surface area contributed by atoms with Crippen LogP contribution < -0.4 is 11.1 Å². The van der Waals surface area contributed by atoms with Crippen LogP contribution in [-0.4, -0.2) is 24.0 Å². The summed E-state index contributed by atoms with van der Waals surface area (Å²) in [7, 11) is 0. The molecule has 0 radical (unpaired) electrons. The van der Waals surface area contributed by atoms with Crippen molar-refractivity contribution in [1.29, 1.82) is 0 Å². The molecule has 4 N–H and O–H groups in total. The number of carbonyl (C=O) groups is 1. The smallest absolute Gasteiger partial charge is 0.321 e. The van der Waals surface area contributed by atoms with Gasteiger partial charge in [0.1, 0.15) is 10.7 Å². The number of nitrogens with one attached hydrogen (secondary N) is 1. The monoisotopic (exact) mass is 254 g/mol. The highest BCUT2D eigenvalue weighted by Gasteiger charge is 2.16. The Morgan fingerprint density at radius 2 is 2.00 bits per heavy atom. The minimum Gasteiger partial charge on any atom is -0.325 e. The van der Waals surface area contributed by atoms with Gasteiger partial charge in [-0.05, 0) is 31.4 Å². The summed E-state index contributed by atoms with van der Waals surface area (Å²) in [6.07, 6.45) is 3.40. The van der Waals surface area contributed by atoms with Gasteiger partial charge < -0.3 is 16.0 Å². The standard InChI is InChI=1S/C12H16ClN3O/c13-10-5-4-9(8-11(10)14)15-12(17)16-6-2-1-3-7-16/h4-5,8H,1-3,6-7,14H2,(H,15,17)/p+1. The number of likely N-dealkylation sites (tertiary alicyclic amines) is 1. The van der Waals surface area contributed by atoms with Gasteiger partial charge >= 0.3 is 6.03 Å². The third-order valence-corrected chi connectivity index (χ3v) is 3.31. The summed E-state index contributed by atoms with van der Waals surface area (Å²) < 4.78 is 0. The van der Waals surface area contributed by atoms with E-state index in [2.05, 4.69) is 11.1 Å². The quantitative estimate of drug-likeness (QED) is 0.793. The van der Waals surface area contributed by atoms with Crippen LogP contribution >= 0.6 is 11.6 Å². The normalized spacial score (nSPS) is 15.8. The first-order valence-corrected chi connectivity index (χ1v) is 6.22. The fourth-order valence-corrected chi connectivity index (χ4v) is 2.07. The lowest BCUT2D eigenvalue weighted by atomic mass is 10.1. The van der Waals surface area contributed by atoms with Crippen LogP contribution in [0.2, 0.25) is 5.02 Å². The molecular weight excluding hydrogens is 238 g/mol. The Morgan fingerprint density at radius 3 is 2.65 bits per heavy atom. The van der Waals surface area contributed by atoms with Gasteiger partial charge in [-0.25, -0.2) is 4.79 Å². The van der Waals surface area contributed by atoms with Gasteiger partial charge in [0.05, 0.1) is 0 Å². The van der Waals surface area contributed by atoms with E-state index in [0.29, 0.717) is 5.02 Å². The maximum Gasteiger partial charge on any atom is 0.321 e. The first-order chi connectivity index (χ1) is 8.16. The molecule has 92 valence electrons. The number of nitrogens with zero attached hydrogens (tertiary/aromatic N) is 1. The molecule has 17 heavy (non-hydrogen) atoms. The van der Waals surface area contributed by atoms with Gasteiger partial charge in [0.15, 0.2) is 0 Å². The molecule has 1 aliphatic heterocycles.